The van der Waals surface area contributed by atoms with Crippen LogP contribution in [0.25, 0.3) is 0 Å². The molecule has 12 heavy (non-hydrogen) atoms. The van der Waals surface area contributed by atoms with Crippen LogP contribution in [0, 0.1) is 0 Å². The van der Waals surface area contributed by atoms with Gasteiger partial charge in [-0.25, -0.2) is 0 Å². The van der Waals surface area contributed by atoms with Gasteiger partial charge in [0.05, 0.1) is 5.38 Å². The summed E-state index contributed by atoms with van der Waals surface area (Å²) < 4.78 is 0. The lowest BCUT2D eigenvalue weighted by Crippen LogP contribution is -1.97. The van der Waals surface area contributed by atoms with Crippen LogP contribution in [0.4, 0.5) is 0 Å². The van der Waals surface area contributed by atoms with Gasteiger partial charge in [0, 0.05) is 5.02 Å². The van der Waals surface area contributed by atoms with Gasteiger partial charge in [-0.2, -0.15) is 0 Å². The molecule has 0 N–H and O–H groups in total. The molecule has 2 heteroatoms. The molecule has 0 heterocycles. The highest BCUT2D eigenvalue weighted by molar-refractivity contribution is 6.30. The van der Waals surface area contributed by atoms with Crippen molar-refractivity contribution >= 4 is 23.2 Å². The van der Waals surface area contributed by atoms with Gasteiger partial charge in [-0.3, -0.25) is 0 Å². The predicted molar refractivity (Wildman–Crippen MR) is 55.0 cm³/mol. The van der Waals surface area contributed by atoms with E-state index in [9.17, 15) is 0 Å². The Balaban J connectivity index is 2.69. The molecule has 0 aromatic heterocycles. The maximum absolute atomic E-state index is 5.89. The van der Waals surface area contributed by atoms with Crippen molar-refractivity contribution in [2.45, 2.75) is 11.8 Å². The molecule has 0 aliphatic heterocycles. The second-order valence-electron chi connectivity index (χ2n) is 2.59. The zero-order valence-corrected chi connectivity index (χ0v) is 8.15. The summed E-state index contributed by atoms with van der Waals surface area (Å²) in [6, 6.07) is 7.69. The first-order valence-corrected chi connectivity index (χ1v) is 4.55. The number of hydrogen-bond donors (Lipinski definition) is 0. The van der Waals surface area contributed by atoms with E-state index in [1.54, 1.807) is 6.08 Å². The normalized spacial score (nSPS) is 12.5. The van der Waals surface area contributed by atoms with E-state index in [1.165, 1.54) is 0 Å². The van der Waals surface area contributed by atoms with E-state index >= 15 is 0 Å². The first-order valence-electron chi connectivity index (χ1n) is 3.73. The van der Waals surface area contributed by atoms with Crippen LogP contribution in [0.3, 0.4) is 0 Å². The van der Waals surface area contributed by atoms with Crippen molar-refractivity contribution in [3.8, 4) is 0 Å². The average molecular weight is 201 g/mol. The number of rotatable bonds is 3. The lowest BCUT2D eigenvalue weighted by Gasteiger charge is -2.03. The van der Waals surface area contributed by atoms with Gasteiger partial charge in [-0.15, -0.1) is 18.2 Å². The highest BCUT2D eigenvalue weighted by atomic mass is 35.5. The second-order valence-corrected chi connectivity index (χ2v) is 3.58. The Morgan fingerprint density at radius 3 is 2.83 bits per heavy atom. The van der Waals surface area contributed by atoms with E-state index < -0.39 is 0 Å². The molecule has 0 amide bonds. The van der Waals surface area contributed by atoms with E-state index in [1.807, 2.05) is 24.3 Å². The fourth-order valence-corrected chi connectivity index (χ4v) is 1.36. The smallest absolute Gasteiger partial charge is 0.0553 e. The summed E-state index contributed by atoms with van der Waals surface area (Å²) in [5, 5.41) is 0.740. The Bertz CT molecular complexity index is 268. The van der Waals surface area contributed by atoms with E-state index in [4.69, 9.17) is 23.2 Å². The molecular formula is C10H10Cl2. The van der Waals surface area contributed by atoms with Crippen LogP contribution < -0.4 is 0 Å². The van der Waals surface area contributed by atoms with E-state index in [2.05, 4.69) is 6.58 Å². The van der Waals surface area contributed by atoms with Crippen LogP contribution in [0.15, 0.2) is 36.9 Å². The fourth-order valence-electron chi connectivity index (χ4n) is 0.972. The summed E-state index contributed by atoms with van der Waals surface area (Å²) in [5.74, 6) is 0. The zero-order chi connectivity index (χ0) is 8.97. The van der Waals surface area contributed by atoms with Gasteiger partial charge in [-0.1, -0.05) is 29.8 Å². The van der Waals surface area contributed by atoms with Gasteiger partial charge >= 0.3 is 0 Å². The first-order chi connectivity index (χ1) is 5.72. The Morgan fingerprint density at radius 2 is 2.25 bits per heavy atom. The molecule has 1 aromatic carbocycles. The van der Waals surface area contributed by atoms with E-state index in [-0.39, 0.29) is 5.38 Å². The van der Waals surface area contributed by atoms with Crippen molar-refractivity contribution in [3.63, 3.8) is 0 Å². The molecule has 0 fully saturated rings. The van der Waals surface area contributed by atoms with Gasteiger partial charge < -0.3 is 0 Å². The third kappa shape index (κ3) is 2.88. The number of halogens is 2. The number of allylic oxidation sites excluding steroid dienone is 1. The van der Waals surface area contributed by atoms with Crippen molar-refractivity contribution in [2.75, 3.05) is 0 Å². The second kappa shape index (κ2) is 4.54. The van der Waals surface area contributed by atoms with Crippen molar-refractivity contribution in [3.05, 3.63) is 47.5 Å². The molecule has 1 rings (SSSR count). The fraction of sp³-hybridized carbons (Fsp3) is 0.200. The van der Waals surface area contributed by atoms with Crippen LogP contribution in [0.2, 0.25) is 5.02 Å². The molecule has 0 saturated carbocycles. The lowest BCUT2D eigenvalue weighted by molar-refractivity contribution is 1.01. The average Bonchev–Trinajstić information content (AvgIpc) is 2.04. The van der Waals surface area contributed by atoms with Gasteiger partial charge in [0.2, 0.25) is 0 Å². The summed E-state index contributed by atoms with van der Waals surface area (Å²) in [6.45, 7) is 3.61. The number of hydrogen-bond acceptors (Lipinski definition) is 0. The summed E-state index contributed by atoms with van der Waals surface area (Å²) in [7, 11) is 0. The SMILES string of the molecule is C=CC(Cl)Cc1cccc(Cl)c1. The van der Waals surface area contributed by atoms with Gasteiger partial charge in [0.25, 0.3) is 0 Å². The number of benzene rings is 1. The van der Waals surface area contributed by atoms with Gasteiger partial charge in [0.15, 0.2) is 0 Å². The maximum atomic E-state index is 5.89. The maximum Gasteiger partial charge on any atom is 0.0553 e. The molecule has 64 valence electrons. The molecule has 0 radical (unpaired) electrons. The van der Waals surface area contributed by atoms with E-state index in [0.717, 1.165) is 17.0 Å². The Morgan fingerprint density at radius 1 is 1.50 bits per heavy atom. The van der Waals surface area contributed by atoms with E-state index in [0.29, 0.717) is 0 Å². The van der Waals surface area contributed by atoms with Crippen LogP contribution in [-0.4, -0.2) is 5.38 Å². The highest BCUT2D eigenvalue weighted by Gasteiger charge is 2.00. The van der Waals surface area contributed by atoms with Crippen LogP contribution >= 0.6 is 23.2 Å². The Kier molecular flexibility index (Phi) is 3.64. The predicted octanol–water partition coefficient (Wildman–Crippen LogP) is 3.68. The molecule has 0 spiro atoms. The standard InChI is InChI=1S/C10H10Cl2/c1-2-9(11)6-8-4-3-5-10(12)7-8/h2-5,7,9H,1,6H2. The molecule has 1 aromatic rings. The minimum absolute atomic E-state index is 0.0107. The van der Waals surface area contributed by atoms with Crippen LogP contribution in [0.5, 0.6) is 0 Å². The summed E-state index contributed by atoms with van der Waals surface area (Å²) in [6.07, 6.45) is 2.51. The van der Waals surface area contributed by atoms with Crippen LogP contribution in [-0.2, 0) is 6.42 Å². The first kappa shape index (κ1) is 9.63. The minimum atomic E-state index is -0.0107. The molecular weight excluding hydrogens is 191 g/mol. The quantitative estimate of drug-likeness (QED) is 0.516. The summed E-state index contributed by atoms with van der Waals surface area (Å²) in [4.78, 5) is 0. The van der Waals surface area contributed by atoms with Crippen LogP contribution in [0.1, 0.15) is 5.56 Å². The molecule has 0 nitrogen and oxygen atoms in total. The van der Waals surface area contributed by atoms with Crippen molar-refractivity contribution in [2.24, 2.45) is 0 Å². The largest absolute Gasteiger partial charge is 0.118 e. The molecule has 0 aliphatic carbocycles. The topological polar surface area (TPSA) is 0 Å². The zero-order valence-electron chi connectivity index (χ0n) is 6.63. The monoisotopic (exact) mass is 200 g/mol. The van der Waals surface area contributed by atoms with Gasteiger partial charge in [-0.05, 0) is 24.1 Å². The minimum Gasteiger partial charge on any atom is -0.118 e. The summed E-state index contributed by atoms with van der Waals surface area (Å²) >= 11 is 11.7. The van der Waals surface area contributed by atoms with Crippen molar-refractivity contribution < 1.29 is 0 Å². The lowest BCUT2D eigenvalue weighted by atomic mass is 10.1. The van der Waals surface area contributed by atoms with Crippen molar-refractivity contribution in [1.82, 2.24) is 0 Å². The Hall–Kier alpha value is -0.460. The molecule has 0 aliphatic rings. The Labute approximate surface area is 82.8 Å². The number of alkyl halides is 1. The molecule has 0 saturated heterocycles. The molecule has 1 atom stereocenters. The summed E-state index contributed by atoms with van der Waals surface area (Å²) in [5.41, 5.74) is 1.14. The van der Waals surface area contributed by atoms with Crippen molar-refractivity contribution in [1.29, 1.82) is 0 Å². The third-order valence-electron chi connectivity index (χ3n) is 1.58. The molecule has 1 unspecified atom stereocenters. The van der Waals surface area contributed by atoms with Gasteiger partial charge in [0.1, 0.15) is 0 Å². The molecule has 0 bridgehead atoms. The third-order valence-corrected chi connectivity index (χ3v) is 2.14. The highest BCUT2D eigenvalue weighted by Crippen LogP contribution is 2.14.